The number of rotatable bonds is 3. The van der Waals surface area contributed by atoms with E-state index in [1.54, 1.807) is 0 Å². The van der Waals surface area contributed by atoms with E-state index in [1.807, 2.05) is 13.8 Å². The van der Waals surface area contributed by atoms with E-state index < -0.39 is 0 Å². The van der Waals surface area contributed by atoms with Gasteiger partial charge in [-0.25, -0.2) is 0 Å². The van der Waals surface area contributed by atoms with Crippen molar-refractivity contribution in [2.24, 2.45) is 0 Å². The van der Waals surface area contributed by atoms with Crippen LogP contribution in [0.4, 0.5) is 0 Å². The van der Waals surface area contributed by atoms with Crippen molar-refractivity contribution in [1.82, 2.24) is 10.6 Å². The summed E-state index contributed by atoms with van der Waals surface area (Å²) in [6.45, 7) is 7.66. The topological polar surface area (TPSA) is 41.1 Å². The maximum atomic E-state index is 12.0. The number of carbonyl (C=O) groups is 1. The lowest BCUT2D eigenvalue weighted by molar-refractivity contribution is -0.118. The van der Waals surface area contributed by atoms with Crippen LogP contribution in [0.15, 0.2) is 35.4 Å². The second kappa shape index (κ2) is 5.36. The van der Waals surface area contributed by atoms with Crippen LogP contribution < -0.4 is 10.6 Å². The highest BCUT2D eigenvalue weighted by Gasteiger charge is 2.17. The number of nitrogens with one attached hydrogen (secondary N) is 2. The van der Waals surface area contributed by atoms with Gasteiger partial charge in [0.2, 0.25) is 5.91 Å². The van der Waals surface area contributed by atoms with E-state index in [9.17, 15) is 4.79 Å². The first-order chi connectivity index (χ1) is 8.58. The molecular formula is C15H20N2O. The Labute approximate surface area is 108 Å². The third kappa shape index (κ3) is 2.79. The number of hydrogen-bond acceptors (Lipinski definition) is 2. The molecule has 1 aromatic carbocycles. The van der Waals surface area contributed by atoms with Gasteiger partial charge < -0.3 is 10.6 Å². The Hall–Kier alpha value is -1.61. The molecule has 3 nitrogen and oxygen atoms in total. The van der Waals surface area contributed by atoms with Crippen LogP contribution in [-0.4, -0.2) is 19.0 Å². The zero-order chi connectivity index (χ0) is 13.1. The van der Waals surface area contributed by atoms with E-state index in [4.69, 9.17) is 0 Å². The van der Waals surface area contributed by atoms with E-state index in [0.717, 1.165) is 24.2 Å². The molecular weight excluding hydrogens is 224 g/mol. The van der Waals surface area contributed by atoms with E-state index in [1.165, 1.54) is 11.1 Å². The lowest BCUT2D eigenvalue weighted by Crippen LogP contribution is -2.38. The Morgan fingerprint density at radius 3 is 2.39 bits per heavy atom. The number of aryl methyl sites for hydroxylation is 1. The summed E-state index contributed by atoms with van der Waals surface area (Å²) < 4.78 is 0. The smallest absolute Gasteiger partial charge is 0.247 e. The van der Waals surface area contributed by atoms with Crippen LogP contribution in [0.25, 0.3) is 0 Å². The van der Waals surface area contributed by atoms with Gasteiger partial charge in [0.05, 0.1) is 6.04 Å². The Bertz CT molecular complexity index is 468. The second-order valence-corrected chi connectivity index (χ2v) is 4.94. The van der Waals surface area contributed by atoms with Gasteiger partial charge in [-0.2, -0.15) is 0 Å². The molecule has 2 rings (SSSR count). The molecule has 3 heteroatoms. The molecule has 0 saturated carbocycles. The third-order valence-corrected chi connectivity index (χ3v) is 3.47. The van der Waals surface area contributed by atoms with E-state index >= 15 is 0 Å². The summed E-state index contributed by atoms with van der Waals surface area (Å²) in [5.41, 5.74) is 4.44. The normalized spacial score (nSPS) is 15.8. The molecule has 1 amide bonds. The molecule has 96 valence electrons. The first-order valence-corrected chi connectivity index (χ1v) is 6.34. The van der Waals surface area contributed by atoms with Crippen molar-refractivity contribution in [3.63, 3.8) is 0 Å². The molecule has 1 fully saturated rings. The number of amides is 1. The monoisotopic (exact) mass is 244 g/mol. The summed E-state index contributed by atoms with van der Waals surface area (Å²) in [4.78, 5) is 12.0. The van der Waals surface area contributed by atoms with Crippen molar-refractivity contribution in [1.29, 1.82) is 0 Å². The predicted octanol–water partition coefficient (Wildman–Crippen LogP) is 2.09. The molecule has 0 radical (unpaired) electrons. The molecule has 0 spiro atoms. The Kier molecular flexibility index (Phi) is 3.82. The fourth-order valence-electron chi connectivity index (χ4n) is 1.92. The number of hydrogen-bond donors (Lipinski definition) is 2. The fourth-order valence-corrected chi connectivity index (χ4v) is 1.92. The van der Waals surface area contributed by atoms with Crippen molar-refractivity contribution in [2.45, 2.75) is 26.8 Å². The minimum atomic E-state index is 0.0413. The highest BCUT2D eigenvalue weighted by atomic mass is 16.1. The first kappa shape index (κ1) is 12.8. The van der Waals surface area contributed by atoms with Gasteiger partial charge in [-0.15, -0.1) is 0 Å². The van der Waals surface area contributed by atoms with Crippen LogP contribution in [0.5, 0.6) is 0 Å². The average Bonchev–Trinajstić information content (AvgIpc) is 2.27. The molecule has 1 unspecified atom stereocenters. The summed E-state index contributed by atoms with van der Waals surface area (Å²) in [7, 11) is 0. The predicted molar refractivity (Wildman–Crippen MR) is 73.3 cm³/mol. The lowest BCUT2D eigenvalue weighted by atomic mass is 10.0. The second-order valence-electron chi connectivity index (χ2n) is 4.94. The SMILES string of the molecule is CC(C(=O)NC(C)c1ccc(C)cc1)=C1CNC1. The summed E-state index contributed by atoms with van der Waals surface area (Å²) in [5.74, 6) is 0.0413. The molecule has 1 saturated heterocycles. The zero-order valence-electron chi connectivity index (χ0n) is 11.2. The Balaban J connectivity index is 2.01. The van der Waals surface area contributed by atoms with E-state index in [0.29, 0.717) is 0 Å². The maximum Gasteiger partial charge on any atom is 0.247 e. The maximum absolute atomic E-state index is 12.0. The van der Waals surface area contributed by atoms with Gasteiger partial charge >= 0.3 is 0 Å². The standard InChI is InChI=1S/C15H20N2O/c1-10-4-6-13(7-5-10)12(3)17-15(18)11(2)14-8-16-9-14/h4-7,12,16H,8-9H2,1-3H3,(H,17,18). The first-order valence-electron chi connectivity index (χ1n) is 6.34. The number of carbonyl (C=O) groups excluding carboxylic acids is 1. The van der Waals surface area contributed by atoms with Crippen molar-refractivity contribution in [3.05, 3.63) is 46.5 Å². The third-order valence-electron chi connectivity index (χ3n) is 3.47. The lowest BCUT2D eigenvalue weighted by Gasteiger charge is -2.22. The van der Waals surface area contributed by atoms with Gasteiger partial charge in [-0.1, -0.05) is 29.8 Å². The summed E-state index contributed by atoms with van der Waals surface area (Å²) in [6.07, 6.45) is 0. The van der Waals surface area contributed by atoms with Gasteiger partial charge in [0.15, 0.2) is 0 Å². The molecule has 0 bridgehead atoms. The van der Waals surface area contributed by atoms with Crippen LogP contribution in [0, 0.1) is 6.92 Å². The minimum absolute atomic E-state index is 0.0413. The quantitative estimate of drug-likeness (QED) is 0.799. The molecule has 18 heavy (non-hydrogen) atoms. The Morgan fingerprint density at radius 2 is 1.89 bits per heavy atom. The van der Waals surface area contributed by atoms with Gasteiger partial charge in [-0.3, -0.25) is 4.79 Å². The molecule has 2 N–H and O–H groups in total. The highest BCUT2D eigenvalue weighted by Crippen LogP contribution is 2.15. The summed E-state index contributed by atoms with van der Waals surface area (Å²) in [6, 6.07) is 8.31. The molecule has 1 aliphatic heterocycles. The van der Waals surface area contributed by atoms with Crippen LogP contribution >= 0.6 is 0 Å². The molecule has 1 aromatic rings. The minimum Gasteiger partial charge on any atom is -0.346 e. The van der Waals surface area contributed by atoms with Crippen LogP contribution in [0.2, 0.25) is 0 Å². The molecule has 1 atom stereocenters. The van der Waals surface area contributed by atoms with Gasteiger partial charge in [-0.05, 0) is 31.9 Å². The Morgan fingerprint density at radius 1 is 1.28 bits per heavy atom. The average molecular weight is 244 g/mol. The van der Waals surface area contributed by atoms with Gasteiger partial charge in [0.1, 0.15) is 0 Å². The molecule has 1 heterocycles. The summed E-state index contributed by atoms with van der Waals surface area (Å²) >= 11 is 0. The van der Waals surface area contributed by atoms with Crippen molar-refractivity contribution in [2.75, 3.05) is 13.1 Å². The van der Waals surface area contributed by atoms with E-state index in [2.05, 4.69) is 41.8 Å². The van der Waals surface area contributed by atoms with Crippen LogP contribution in [0.3, 0.4) is 0 Å². The zero-order valence-corrected chi connectivity index (χ0v) is 11.2. The van der Waals surface area contributed by atoms with Crippen LogP contribution in [-0.2, 0) is 4.79 Å². The fraction of sp³-hybridized carbons (Fsp3) is 0.400. The highest BCUT2D eigenvalue weighted by molar-refractivity contribution is 5.94. The van der Waals surface area contributed by atoms with E-state index in [-0.39, 0.29) is 11.9 Å². The molecule has 0 aliphatic carbocycles. The number of benzene rings is 1. The van der Waals surface area contributed by atoms with Gasteiger partial charge in [0, 0.05) is 18.7 Å². The van der Waals surface area contributed by atoms with Crippen LogP contribution in [0.1, 0.15) is 31.0 Å². The largest absolute Gasteiger partial charge is 0.346 e. The summed E-state index contributed by atoms with van der Waals surface area (Å²) in [5, 5.41) is 6.19. The van der Waals surface area contributed by atoms with Crippen molar-refractivity contribution >= 4 is 5.91 Å². The molecule has 1 aliphatic rings. The van der Waals surface area contributed by atoms with Crippen molar-refractivity contribution < 1.29 is 4.79 Å². The van der Waals surface area contributed by atoms with Crippen molar-refractivity contribution in [3.8, 4) is 0 Å². The van der Waals surface area contributed by atoms with Gasteiger partial charge in [0.25, 0.3) is 0 Å². The molecule has 0 aromatic heterocycles.